The lowest BCUT2D eigenvalue weighted by Gasteiger charge is -2.15. The number of amides is 3. The Morgan fingerprint density at radius 1 is 1.12 bits per heavy atom. The van der Waals surface area contributed by atoms with E-state index in [2.05, 4.69) is 10.6 Å². The van der Waals surface area contributed by atoms with E-state index in [1.54, 1.807) is 13.2 Å². The van der Waals surface area contributed by atoms with Crippen molar-refractivity contribution in [2.45, 2.75) is 52.5 Å². The van der Waals surface area contributed by atoms with E-state index in [-0.39, 0.29) is 25.8 Å². The second kappa shape index (κ2) is 9.76. The van der Waals surface area contributed by atoms with Gasteiger partial charge in [-0.3, -0.25) is 4.79 Å². The number of aryl methyl sites for hydroxylation is 3. The molecule has 2 aromatic heterocycles. The lowest BCUT2D eigenvalue weighted by Crippen LogP contribution is -2.41. The molecule has 0 spiro atoms. The summed E-state index contributed by atoms with van der Waals surface area (Å²) in [6.45, 7) is 5.77. The summed E-state index contributed by atoms with van der Waals surface area (Å²) in [6, 6.07) is 0.106. The van der Waals surface area contributed by atoms with E-state index >= 15 is 0 Å². The second-order valence-electron chi connectivity index (χ2n) is 8.06. The number of nitrogens with one attached hydrogen (secondary N) is 2. The third kappa shape index (κ3) is 5.16. The minimum Gasteiger partial charge on any atom is -0.480 e. The van der Waals surface area contributed by atoms with Crippen molar-refractivity contribution in [3.63, 3.8) is 0 Å². The van der Waals surface area contributed by atoms with E-state index in [4.69, 9.17) is 14.6 Å². The minimum absolute atomic E-state index is 0.0770. The summed E-state index contributed by atoms with van der Waals surface area (Å²) in [5.74, 6) is -1.68. The molecule has 0 aliphatic rings. The Kier molecular flexibility index (Phi) is 7.05. The van der Waals surface area contributed by atoms with Crippen molar-refractivity contribution in [2.75, 3.05) is 6.54 Å². The standard InChI is InChI=1S/C23H27N3O7/c1-11-10-32-19-13(3)20-16(9-15(11)19)12(2)14(22(30)33-20)6-7-18(27)26-17(21(28)29)5-4-8-25-23(24)31/h9-10,17H,4-8H2,1-3H3,(H,26,27)(H,28,29)(H3,24,25,31)/t17-/m1/s1. The Balaban J connectivity index is 1.75. The molecule has 176 valence electrons. The number of nitrogens with two attached hydrogens (primary N) is 1. The van der Waals surface area contributed by atoms with Crippen LogP contribution >= 0.6 is 0 Å². The number of benzene rings is 1. The topological polar surface area (TPSA) is 165 Å². The SMILES string of the molecule is Cc1coc2c(C)c3oc(=O)c(CCC(=O)N[C@H](CCCNC(N)=O)C(=O)O)c(C)c3cc12. The maximum Gasteiger partial charge on any atom is 0.339 e. The van der Waals surface area contributed by atoms with E-state index < -0.39 is 29.6 Å². The number of aliphatic carboxylic acids is 1. The molecule has 0 radical (unpaired) electrons. The number of fused-ring (bicyclic) bond motifs is 2. The van der Waals surface area contributed by atoms with Crippen LogP contribution in [-0.2, 0) is 16.0 Å². The van der Waals surface area contributed by atoms with Gasteiger partial charge >= 0.3 is 17.6 Å². The van der Waals surface area contributed by atoms with Crippen molar-refractivity contribution in [3.8, 4) is 0 Å². The van der Waals surface area contributed by atoms with Crippen molar-refractivity contribution in [2.24, 2.45) is 5.73 Å². The van der Waals surface area contributed by atoms with Crippen molar-refractivity contribution in [1.29, 1.82) is 0 Å². The molecule has 1 atom stereocenters. The Morgan fingerprint density at radius 3 is 2.52 bits per heavy atom. The van der Waals surface area contributed by atoms with Gasteiger partial charge < -0.3 is 30.3 Å². The van der Waals surface area contributed by atoms with Crippen LogP contribution in [-0.4, -0.2) is 35.6 Å². The fourth-order valence-corrected chi connectivity index (χ4v) is 3.89. The zero-order valence-electron chi connectivity index (χ0n) is 18.7. The van der Waals surface area contributed by atoms with E-state index in [1.165, 1.54) is 0 Å². The number of hydrogen-bond acceptors (Lipinski definition) is 6. The average Bonchev–Trinajstić information content (AvgIpc) is 3.11. The number of carboxylic acids is 1. The van der Waals surface area contributed by atoms with Crippen LogP contribution in [0.5, 0.6) is 0 Å². The summed E-state index contributed by atoms with van der Waals surface area (Å²) < 4.78 is 11.2. The summed E-state index contributed by atoms with van der Waals surface area (Å²) in [7, 11) is 0. The van der Waals surface area contributed by atoms with Gasteiger partial charge in [-0.25, -0.2) is 14.4 Å². The largest absolute Gasteiger partial charge is 0.480 e. The van der Waals surface area contributed by atoms with Gasteiger partial charge in [-0.15, -0.1) is 0 Å². The van der Waals surface area contributed by atoms with Crippen molar-refractivity contribution >= 4 is 39.8 Å². The quantitative estimate of drug-likeness (QED) is 0.283. The van der Waals surface area contributed by atoms with Gasteiger partial charge in [-0.1, -0.05) is 0 Å². The number of hydrogen-bond donors (Lipinski definition) is 4. The monoisotopic (exact) mass is 457 g/mol. The molecule has 1 aromatic carbocycles. The zero-order chi connectivity index (χ0) is 24.3. The first-order valence-electron chi connectivity index (χ1n) is 10.6. The first-order valence-corrected chi connectivity index (χ1v) is 10.6. The molecule has 0 unspecified atom stereocenters. The summed E-state index contributed by atoms with van der Waals surface area (Å²) in [4.78, 5) is 47.2. The van der Waals surface area contributed by atoms with Crippen LogP contribution in [0.2, 0.25) is 0 Å². The highest BCUT2D eigenvalue weighted by Crippen LogP contribution is 2.32. The molecule has 0 fully saturated rings. The number of carbonyl (C=O) groups excluding carboxylic acids is 2. The lowest BCUT2D eigenvalue weighted by atomic mass is 9.98. The first kappa shape index (κ1) is 23.8. The van der Waals surface area contributed by atoms with Crippen LogP contribution in [0.3, 0.4) is 0 Å². The fraction of sp³-hybridized carbons (Fsp3) is 0.391. The van der Waals surface area contributed by atoms with Gasteiger partial charge in [0.25, 0.3) is 0 Å². The Hall–Kier alpha value is -3.82. The minimum atomic E-state index is -1.18. The maximum atomic E-state index is 12.7. The highest BCUT2D eigenvalue weighted by molar-refractivity contribution is 5.99. The molecule has 0 aliphatic heterocycles. The van der Waals surface area contributed by atoms with Crippen LogP contribution in [0.1, 0.15) is 41.5 Å². The molecule has 10 nitrogen and oxygen atoms in total. The number of carbonyl (C=O) groups is 3. The van der Waals surface area contributed by atoms with Gasteiger partial charge in [0.2, 0.25) is 5.91 Å². The van der Waals surface area contributed by atoms with Gasteiger partial charge in [-0.05, 0) is 57.2 Å². The molecule has 3 rings (SSSR count). The molecule has 3 amide bonds. The number of urea groups is 1. The van der Waals surface area contributed by atoms with Gasteiger partial charge in [-0.2, -0.15) is 0 Å². The summed E-state index contributed by atoms with van der Waals surface area (Å²) in [6.07, 6.45) is 2.13. The summed E-state index contributed by atoms with van der Waals surface area (Å²) in [5.41, 5.74) is 8.33. The van der Waals surface area contributed by atoms with Crippen LogP contribution in [0.25, 0.3) is 21.9 Å². The normalized spacial score (nSPS) is 12.1. The van der Waals surface area contributed by atoms with E-state index in [0.717, 1.165) is 21.9 Å². The van der Waals surface area contributed by atoms with Crippen LogP contribution in [0, 0.1) is 20.8 Å². The van der Waals surface area contributed by atoms with Gasteiger partial charge in [0.1, 0.15) is 17.2 Å². The Bertz CT molecular complexity index is 1290. The third-order valence-electron chi connectivity index (χ3n) is 5.74. The van der Waals surface area contributed by atoms with Crippen LogP contribution < -0.4 is 22.0 Å². The first-order chi connectivity index (χ1) is 15.6. The molecular formula is C23H27N3O7. The van der Waals surface area contributed by atoms with E-state index in [1.807, 2.05) is 19.9 Å². The predicted octanol–water partition coefficient (Wildman–Crippen LogP) is 2.41. The molecular weight excluding hydrogens is 430 g/mol. The lowest BCUT2D eigenvalue weighted by molar-refractivity contribution is -0.142. The molecule has 10 heteroatoms. The number of furan rings is 1. The van der Waals surface area contributed by atoms with Crippen molar-refractivity contribution in [1.82, 2.24) is 10.6 Å². The molecule has 0 bridgehead atoms. The highest BCUT2D eigenvalue weighted by atomic mass is 16.4. The number of carboxylic acid groups (broad SMARTS) is 1. The van der Waals surface area contributed by atoms with Gasteiger partial charge in [0.15, 0.2) is 0 Å². The smallest absolute Gasteiger partial charge is 0.339 e. The van der Waals surface area contributed by atoms with Crippen LogP contribution in [0.4, 0.5) is 4.79 Å². The molecule has 0 aliphatic carbocycles. The Morgan fingerprint density at radius 2 is 1.85 bits per heavy atom. The molecule has 2 heterocycles. The molecule has 3 aromatic rings. The van der Waals surface area contributed by atoms with Gasteiger partial charge in [0.05, 0.1) is 6.26 Å². The zero-order valence-corrected chi connectivity index (χ0v) is 18.7. The average molecular weight is 457 g/mol. The van der Waals surface area contributed by atoms with Crippen LogP contribution in [0.15, 0.2) is 26.0 Å². The van der Waals surface area contributed by atoms with Gasteiger partial charge in [0, 0.05) is 34.9 Å². The predicted molar refractivity (Wildman–Crippen MR) is 121 cm³/mol. The maximum absolute atomic E-state index is 12.7. The highest BCUT2D eigenvalue weighted by Gasteiger charge is 2.21. The van der Waals surface area contributed by atoms with E-state index in [0.29, 0.717) is 28.7 Å². The van der Waals surface area contributed by atoms with Crippen molar-refractivity contribution < 1.29 is 28.3 Å². The summed E-state index contributed by atoms with van der Waals surface area (Å²) >= 11 is 0. The fourth-order valence-electron chi connectivity index (χ4n) is 3.89. The summed E-state index contributed by atoms with van der Waals surface area (Å²) in [5, 5.41) is 15.9. The third-order valence-corrected chi connectivity index (χ3v) is 5.74. The molecule has 5 N–H and O–H groups in total. The second-order valence-corrected chi connectivity index (χ2v) is 8.06. The molecule has 0 saturated carbocycles. The van der Waals surface area contributed by atoms with E-state index in [9.17, 15) is 24.3 Å². The Labute approximate surface area is 189 Å². The van der Waals surface area contributed by atoms with Crippen molar-refractivity contribution in [3.05, 3.63) is 45.0 Å². The number of primary amides is 1. The number of rotatable bonds is 9. The molecule has 0 saturated heterocycles. The molecule has 33 heavy (non-hydrogen) atoms.